The van der Waals surface area contributed by atoms with Gasteiger partial charge in [-0.05, 0) is 24.6 Å². The fraction of sp³-hybridized carbons (Fsp3) is 0.308. The van der Waals surface area contributed by atoms with Crippen molar-refractivity contribution in [2.75, 3.05) is 0 Å². The number of benzene rings is 1. The third kappa shape index (κ3) is 2.83. The Morgan fingerprint density at radius 1 is 1.39 bits per heavy atom. The normalized spacial score (nSPS) is 12.4. The highest BCUT2D eigenvalue weighted by atomic mass is 35.5. The Hall–Kier alpha value is -1.52. The molecule has 0 bridgehead atoms. The van der Waals surface area contributed by atoms with Crippen LogP contribution in [0, 0.1) is 0 Å². The van der Waals surface area contributed by atoms with Crippen LogP contribution in [0.5, 0.6) is 5.75 Å². The number of aliphatic hydroxyl groups is 1. The molecule has 0 fully saturated rings. The van der Waals surface area contributed by atoms with Crippen LogP contribution in [0.3, 0.4) is 0 Å². The van der Waals surface area contributed by atoms with Gasteiger partial charge in [-0.15, -0.1) is 0 Å². The molecule has 96 valence electrons. The molecule has 1 heterocycles. The molecule has 0 unspecified atom stereocenters. The molecule has 1 atom stereocenters. The van der Waals surface area contributed by atoms with E-state index in [-0.39, 0.29) is 0 Å². The molecular formula is C13H15ClN2O2. The van der Waals surface area contributed by atoms with Gasteiger partial charge in [-0.2, -0.15) is 0 Å². The van der Waals surface area contributed by atoms with Gasteiger partial charge < -0.3 is 14.4 Å². The second-order valence-corrected chi connectivity index (χ2v) is 4.48. The summed E-state index contributed by atoms with van der Waals surface area (Å²) in [6.07, 6.45) is 1.13. The van der Waals surface area contributed by atoms with Crippen molar-refractivity contribution in [3.63, 3.8) is 0 Å². The van der Waals surface area contributed by atoms with Crippen molar-refractivity contribution < 1.29 is 9.84 Å². The molecule has 2 rings (SSSR count). The van der Waals surface area contributed by atoms with Crippen molar-refractivity contribution in [3.8, 4) is 5.75 Å². The molecule has 4 nitrogen and oxygen atoms in total. The van der Waals surface area contributed by atoms with Gasteiger partial charge in [-0.25, -0.2) is 4.98 Å². The van der Waals surface area contributed by atoms with Crippen LogP contribution in [-0.4, -0.2) is 14.7 Å². The molecule has 0 aliphatic rings. The first-order valence-electron chi connectivity index (χ1n) is 5.65. The van der Waals surface area contributed by atoms with Crippen LogP contribution >= 0.6 is 11.6 Å². The number of nitrogens with zero attached hydrogens (tertiary/aromatic N) is 2. The van der Waals surface area contributed by atoms with E-state index in [4.69, 9.17) is 16.3 Å². The van der Waals surface area contributed by atoms with Crippen LogP contribution in [0.4, 0.5) is 0 Å². The Morgan fingerprint density at radius 2 is 2.06 bits per heavy atom. The number of aliphatic hydroxyl groups excluding tert-OH is 1. The molecule has 0 saturated heterocycles. The summed E-state index contributed by atoms with van der Waals surface area (Å²) in [7, 11) is 1.84. The van der Waals surface area contributed by atoms with Crippen molar-refractivity contribution in [1.29, 1.82) is 0 Å². The molecule has 5 heteroatoms. The summed E-state index contributed by atoms with van der Waals surface area (Å²) >= 11 is 5.88. The van der Waals surface area contributed by atoms with E-state index in [1.54, 1.807) is 17.7 Å². The van der Waals surface area contributed by atoms with Crippen LogP contribution in [-0.2, 0) is 13.7 Å². The first kappa shape index (κ1) is 12.9. The number of aromatic nitrogens is 2. The standard InChI is InChI=1S/C13H15ClN2O2/c1-9(17)10-3-5-11(6-4-10)18-8-13-15-7-12(14)16(13)2/h3-7,9,17H,8H2,1-2H3/t9-/m1/s1. The van der Waals surface area contributed by atoms with Gasteiger partial charge >= 0.3 is 0 Å². The summed E-state index contributed by atoms with van der Waals surface area (Å²) in [6.45, 7) is 2.09. The topological polar surface area (TPSA) is 47.3 Å². The minimum absolute atomic E-state index is 0.358. The summed E-state index contributed by atoms with van der Waals surface area (Å²) in [4.78, 5) is 4.14. The Bertz CT molecular complexity index is 520. The van der Waals surface area contributed by atoms with E-state index in [0.717, 1.165) is 17.1 Å². The predicted molar refractivity (Wildman–Crippen MR) is 69.6 cm³/mol. The Labute approximate surface area is 111 Å². The minimum Gasteiger partial charge on any atom is -0.486 e. The molecule has 0 aliphatic heterocycles. The molecule has 1 N–H and O–H groups in total. The highest BCUT2D eigenvalue weighted by Crippen LogP contribution is 2.18. The van der Waals surface area contributed by atoms with Gasteiger partial charge in [-0.1, -0.05) is 23.7 Å². The maximum Gasteiger partial charge on any atom is 0.147 e. The summed E-state index contributed by atoms with van der Waals surface area (Å²) < 4.78 is 7.37. The van der Waals surface area contributed by atoms with E-state index in [1.165, 1.54) is 0 Å². The van der Waals surface area contributed by atoms with Crippen LogP contribution in [0.1, 0.15) is 24.4 Å². The monoisotopic (exact) mass is 266 g/mol. The van der Waals surface area contributed by atoms with Crippen LogP contribution < -0.4 is 4.74 Å². The van der Waals surface area contributed by atoms with Crippen molar-refractivity contribution in [1.82, 2.24) is 9.55 Å². The molecule has 0 saturated carbocycles. The van der Waals surface area contributed by atoms with Crippen molar-refractivity contribution >= 4 is 11.6 Å². The quantitative estimate of drug-likeness (QED) is 0.926. The summed E-state index contributed by atoms with van der Waals surface area (Å²) in [5, 5.41) is 9.97. The number of hydrogen-bond acceptors (Lipinski definition) is 3. The van der Waals surface area contributed by atoms with E-state index in [0.29, 0.717) is 11.8 Å². The smallest absolute Gasteiger partial charge is 0.147 e. The fourth-order valence-electron chi connectivity index (χ4n) is 1.55. The molecular weight excluding hydrogens is 252 g/mol. The number of rotatable bonds is 4. The van der Waals surface area contributed by atoms with Crippen molar-refractivity contribution in [3.05, 3.63) is 47.0 Å². The molecule has 2 aromatic rings. The molecule has 18 heavy (non-hydrogen) atoms. The maximum atomic E-state index is 9.39. The molecule has 1 aromatic carbocycles. The third-order valence-electron chi connectivity index (χ3n) is 2.76. The van der Waals surface area contributed by atoms with Gasteiger partial charge in [0, 0.05) is 7.05 Å². The summed E-state index contributed by atoms with van der Waals surface area (Å²) in [6, 6.07) is 7.33. The second-order valence-electron chi connectivity index (χ2n) is 4.09. The number of imidazole rings is 1. The number of hydrogen-bond donors (Lipinski definition) is 1. The predicted octanol–water partition coefficient (Wildman–Crippen LogP) is 2.71. The van der Waals surface area contributed by atoms with Crippen LogP contribution in [0.25, 0.3) is 0 Å². The lowest BCUT2D eigenvalue weighted by Gasteiger charge is -2.08. The second kappa shape index (κ2) is 5.42. The lowest BCUT2D eigenvalue weighted by Crippen LogP contribution is -2.03. The molecule has 1 aromatic heterocycles. The fourth-order valence-corrected chi connectivity index (χ4v) is 1.70. The van der Waals surface area contributed by atoms with E-state index < -0.39 is 6.10 Å². The Morgan fingerprint density at radius 3 is 2.56 bits per heavy atom. The Balaban J connectivity index is 2.00. The van der Waals surface area contributed by atoms with Gasteiger partial charge in [0.1, 0.15) is 23.3 Å². The zero-order valence-electron chi connectivity index (χ0n) is 10.3. The number of ether oxygens (including phenoxy) is 1. The van der Waals surface area contributed by atoms with Crippen LogP contribution in [0.2, 0.25) is 5.15 Å². The van der Waals surface area contributed by atoms with E-state index in [2.05, 4.69) is 4.98 Å². The third-order valence-corrected chi connectivity index (χ3v) is 3.11. The SMILES string of the molecule is C[C@@H](O)c1ccc(OCc2ncc(Cl)n2C)cc1. The lowest BCUT2D eigenvalue weighted by molar-refractivity contribution is 0.199. The average Bonchev–Trinajstić information content (AvgIpc) is 2.68. The zero-order valence-corrected chi connectivity index (χ0v) is 11.1. The van der Waals surface area contributed by atoms with Crippen molar-refractivity contribution in [2.45, 2.75) is 19.6 Å². The largest absolute Gasteiger partial charge is 0.486 e. The number of halogens is 1. The van der Waals surface area contributed by atoms with E-state index >= 15 is 0 Å². The van der Waals surface area contributed by atoms with E-state index in [1.807, 2.05) is 31.3 Å². The summed E-state index contributed by atoms with van der Waals surface area (Å²) in [5.41, 5.74) is 0.863. The first-order chi connectivity index (χ1) is 8.58. The van der Waals surface area contributed by atoms with Gasteiger partial charge in [0.15, 0.2) is 0 Å². The van der Waals surface area contributed by atoms with Crippen LogP contribution in [0.15, 0.2) is 30.5 Å². The van der Waals surface area contributed by atoms with Gasteiger partial charge in [0.25, 0.3) is 0 Å². The van der Waals surface area contributed by atoms with Gasteiger partial charge in [0.05, 0.1) is 12.3 Å². The van der Waals surface area contributed by atoms with E-state index in [9.17, 15) is 5.11 Å². The molecule has 0 radical (unpaired) electrons. The molecule has 0 amide bonds. The molecule has 0 aliphatic carbocycles. The average molecular weight is 267 g/mol. The molecule has 0 spiro atoms. The van der Waals surface area contributed by atoms with Gasteiger partial charge in [-0.3, -0.25) is 0 Å². The first-order valence-corrected chi connectivity index (χ1v) is 6.02. The maximum absolute atomic E-state index is 9.39. The van der Waals surface area contributed by atoms with Crippen molar-refractivity contribution in [2.24, 2.45) is 7.05 Å². The zero-order chi connectivity index (χ0) is 13.1. The Kier molecular flexibility index (Phi) is 3.89. The highest BCUT2D eigenvalue weighted by molar-refractivity contribution is 6.29. The lowest BCUT2D eigenvalue weighted by atomic mass is 10.1. The minimum atomic E-state index is -0.465. The summed E-state index contributed by atoms with van der Waals surface area (Å²) in [5.74, 6) is 1.50. The highest BCUT2D eigenvalue weighted by Gasteiger charge is 2.05. The van der Waals surface area contributed by atoms with Gasteiger partial charge in [0.2, 0.25) is 0 Å².